The quantitative estimate of drug-likeness (QED) is 0.773. The van der Waals surface area contributed by atoms with Crippen molar-refractivity contribution in [3.63, 3.8) is 0 Å². The average Bonchev–Trinajstić information content (AvgIpc) is 2.59. The highest BCUT2D eigenvalue weighted by Gasteiger charge is 2.35. The Hall–Kier alpha value is -1.31. The van der Waals surface area contributed by atoms with Crippen LogP contribution in [0.3, 0.4) is 0 Å². The van der Waals surface area contributed by atoms with E-state index in [1.54, 1.807) is 0 Å². The predicted molar refractivity (Wildman–Crippen MR) is 73.9 cm³/mol. The van der Waals surface area contributed by atoms with Gasteiger partial charge in [-0.15, -0.1) is 0 Å². The molecule has 17 heavy (non-hydrogen) atoms. The molecule has 2 heteroatoms. The highest BCUT2D eigenvalue weighted by Crippen LogP contribution is 2.34. The van der Waals surface area contributed by atoms with Crippen LogP contribution in [0.5, 0.6) is 0 Å². The summed E-state index contributed by atoms with van der Waals surface area (Å²) in [5.41, 5.74) is 4.65. The van der Waals surface area contributed by atoms with Gasteiger partial charge in [0.2, 0.25) is 0 Å². The molecule has 0 radical (unpaired) electrons. The number of nitrogens with zero attached hydrogens (tertiary/aromatic N) is 1. The molecule has 0 amide bonds. The van der Waals surface area contributed by atoms with Crippen LogP contribution in [0.15, 0.2) is 41.1 Å². The van der Waals surface area contributed by atoms with Crippen molar-refractivity contribution < 1.29 is 0 Å². The van der Waals surface area contributed by atoms with E-state index >= 15 is 0 Å². The molecule has 92 valence electrons. The van der Waals surface area contributed by atoms with Gasteiger partial charge in [0.15, 0.2) is 0 Å². The maximum absolute atomic E-state index is 4.19. The molecule has 0 bridgehead atoms. The van der Waals surface area contributed by atoms with Crippen molar-refractivity contribution in [3.05, 3.63) is 36.0 Å². The van der Waals surface area contributed by atoms with Gasteiger partial charge in [-0.3, -0.25) is 0 Å². The molecule has 2 rings (SSSR count). The molecule has 0 fully saturated rings. The van der Waals surface area contributed by atoms with Crippen LogP contribution in [-0.4, -0.2) is 12.3 Å². The van der Waals surface area contributed by atoms with E-state index in [0.717, 1.165) is 0 Å². The molecule has 1 heterocycles. The van der Waals surface area contributed by atoms with Crippen LogP contribution in [0.4, 0.5) is 0 Å². The molecule has 0 saturated carbocycles. The molecule has 1 N–H and O–H groups in total. The molecule has 0 aromatic rings. The first-order valence-electron chi connectivity index (χ1n) is 6.40. The first kappa shape index (κ1) is 12.2. The van der Waals surface area contributed by atoms with Gasteiger partial charge >= 0.3 is 0 Å². The summed E-state index contributed by atoms with van der Waals surface area (Å²) < 4.78 is 0. The Morgan fingerprint density at radius 3 is 2.71 bits per heavy atom. The van der Waals surface area contributed by atoms with Crippen LogP contribution in [0.2, 0.25) is 0 Å². The Labute approximate surface area is 104 Å². The van der Waals surface area contributed by atoms with Crippen molar-refractivity contribution >= 4 is 6.21 Å². The third-order valence-corrected chi connectivity index (χ3v) is 3.76. The van der Waals surface area contributed by atoms with Gasteiger partial charge in [0, 0.05) is 17.5 Å². The van der Waals surface area contributed by atoms with E-state index in [9.17, 15) is 0 Å². The molecule has 1 aliphatic carbocycles. The van der Waals surface area contributed by atoms with E-state index in [2.05, 4.69) is 68.6 Å². The zero-order chi connectivity index (χ0) is 12.5. The third kappa shape index (κ3) is 2.36. The Kier molecular flexibility index (Phi) is 3.23. The fourth-order valence-electron chi connectivity index (χ4n) is 2.50. The summed E-state index contributed by atoms with van der Waals surface area (Å²) in [5, 5.41) is 4.19. The van der Waals surface area contributed by atoms with E-state index in [4.69, 9.17) is 0 Å². The topological polar surface area (TPSA) is 24.4 Å². The predicted octanol–water partition coefficient (Wildman–Crippen LogP) is 3.29. The SMILES string of the molecule is CC(C)C1=CC=CC(C)(C2NN=CC2C)C=C1. The number of hydrogen-bond acceptors (Lipinski definition) is 2. The minimum absolute atomic E-state index is 0.0308. The highest BCUT2D eigenvalue weighted by molar-refractivity contribution is 5.63. The van der Waals surface area contributed by atoms with E-state index in [-0.39, 0.29) is 5.41 Å². The van der Waals surface area contributed by atoms with Gasteiger partial charge in [-0.05, 0) is 11.5 Å². The molecular formula is C15H22N2. The van der Waals surface area contributed by atoms with Crippen molar-refractivity contribution in [3.8, 4) is 0 Å². The lowest BCUT2D eigenvalue weighted by Crippen LogP contribution is -2.40. The van der Waals surface area contributed by atoms with Crippen LogP contribution in [-0.2, 0) is 0 Å². The van der Waals surface area contributed by atoms with Gasteiger partial charge in [0.1, 0.15) is 0 Å². The Morgan fingerprint density at radius 2 is 2.12 bits per heavy atom. The zero-order valence-electron chi connectivity index (χ0n) is 11.1. The Bertz CT molecular complexity index is 401. The lowest BCUT2D eigenvalue weighted by atomic mass is 9.77. The number of hydrazone groups is 1. The summed E-state index contributed by atoms with van der Waals surface area (Å²) in [6.07, 6.45) is 13.2. The van der Waals surface area contributed by atoms with Gasteiger partial charge in [0.25, 0.3) is 0 Å². The number of rotatable bonds is 2. The van der Waals surface area contributed by atoms with Crippen molar-refractivity contribution in [2.75, 3.05) is 0 Å². The molecule has 3 atom stereocenters. The van der Waals surface area contributed by atoms with E-state index in [0.29, 0.717) is 17.9 Å². The molecule has 2 nitrogen and oxygen atoms in total. The highest BCUT2D eigenvalue weighted by atomic mass is 15.3. The standard InChI is InChI=1S/C15H22N2/c1-11(2)13-6-5-8-15(4,9-7-13)14-12(3)10-16-17-14/h5-12,14,17H,1-4H3. The van der Waals surface area contributed by atoms with E-state index in [1.165, 1.54) is 5.57 Å². The second-order valence-corrected chi connectivity index (χ2v) is 5.62. The molecule has 1 aliphatic heterocycles. The lowest BCUT2D eigenvalue weighted by molar-refractivity contribution is 0.332. The van der Waals surface area contributed by atoms with Gasteiger partial charge < -0.3 is 5.43 Å². The molecule has 0 spiro atoms. The zero-order valence-corrected chi connectivity index (χ0v) is 11.1. The summed E-state index contributed by atoms with van der Waals surface area (Å²) in [7, 11) is 0. The lowest BCUT2D eigenvalue weighted by Gasteiger charge is -2.31. The second-order valence-electron chi connectivity index (χ2n) is 5.62. The Balaban J connectivity index is 2.22. The maximum atomic E-state index is 4.19. The van der Waals surface area contributed by atoms with Crippen LogP contribution >= 0.6 is 0 Å². The second kappa shape index (κ2) is 4.52. The van der Waals surface area contributed by atoms with Crippen LogP contribution in [0.25, 0.3) is 0 Å². The van der Waals surface area contributed by atoms with Crippen LogP contribution < -0.4 is 5.43 Å². The number of nitrogens with one attached hydrogen (secondary N) is 1. The summed E-state index contributed by atoms with van der Waals surface area (Å²) in [6.45, 7) is 8.93. The summed E-state index contributed by atoms with van der Waals surface area (Å²) in [5.74, 6) is 1.04. The van der Waals surface area contributed by atoms with Gasteiger partial charge in [-0.25, -0.2) is 0 Å². The summed E-state index contributed by atoms with van der Waals surface area (Å²) in [6, 6.07) is 0.356. The van der Waals surface area contributed by atoms with Crippen molar-refractivity contribution in [2.24, 2.45) is 22.4 Å². The van der Waals surface area contributed by atoms with E-state index < -0.39 is 0 Å². The van der Waals surface area contributed by atoms with Gasteiger partial charge in [-0.1, -0.05) is 58.1 Å². The van der Waals surface area contributed by atoms with Gasteiger partial charge in [-0.2, -0.15) is 5.10 Å². The summed E-state index contributed by atoms with van der Waals surface area (Å²) >= 11 is 0. The van der Waals surface area contributed by atoms with Crippen molar-refractivity contribution in [2.45, 2.75) is 33.7 Å². The van der Waals surface area contributed by atoms with Crippen LogP contribution in [0.1, 0.15) is 27.7 Å². The van der Waals surface area contributed by atoms with Crippen LogP contribution in [0, 0.1) is 17.3 Å². The maximum Gasteiger partial charge on any atom is 0.0638 e. The normalized spacial score (nSPS) is 35.9. The number of allylic oxidation sites excluding steroid dienone is 4. The summed E-state index contributed by atoms with van der Waals surface area (Å²) in [4.78, 5) is 0. The first-order valence-corrected chi connectivity index (χ1v) is 6.40. The number of hydrogen-bond donors (Lipinski definition) is 1. The fraction of sp³-hybridized carbons (Fsp3) is 0.533. The largest absolute Gasteiger partial charge is 0.306 e. The van der Waals surface area contributed by atoms with E-state index in [1.807, 2.05) is 6.21 Å². The molecular weight excluding hydrogens is 208 g/mol. The molecule has 0 aromatic carbocycles. The molecule has 2 aliphatic rings. The van der Waals surface area contributed by atoms with Crippen molar-refractivity contribution in [1.29, 1.82) is 0 Å². The third-order valence-electron chi connectivity index (χ3n) is 3.76. The minimum atomic E-state index is 0.0308. The average molecular weight is 230 g/mol. The first-order chi connectivity index (χ1) is 8.03. The minimum Gasteiger partial charge on any atom is -0.306 e. The molecule has 0 saturated heterocycles. The van der Waals surface area contributed by atoms with Gasteiger partial charge in [0.05, 0.1) is 6.04 Å². The molecule has 0 aromatic heterocycles. The fourth-order valence-corrected chi connectivity index (χ4v) is 2.50. The van der Waals surface area contributed by atoms with Crippen molar-refractivity contribution in [1.82, 2.24) is 5.43 Å². The Morgan fingerprint density at radius 1 is 1.35 bits per heavy atom. The molecule has 3 unspecified atom stereocenters. The smallest absolute Gasteiger partial charge is 0.0638 e. The monoisotopic (exact) mass is 230 g/mol.